The first-order chi connectivity index (χ1) is 11.8. The minimum Gasteiger partial charge on any atom is -0.491 e. The molecule has 0 aliphatic rings. The summed E-state index contributed by atoms with van der Waals surface area (Å²) in [7, 11) is -3.76. The average Bonchev–Trinajstić information content (AvgIpc) is 2.55. The Morgan fingerprint density at radius 1 is 1.00 bits per heavy atom. The molecule has 3 rings (SSSR count). The highest BCUT2D eigenvalue weighted by Crippen LogP contribution is 2.22. The predicted octanol–water partition coefficient (Wildman–Crippen LogP) is 3.38. The Kier molecular flexibility index (Phi) is 4.50. The van der Waals surface area contributed by atoms with Crippen LogP contribution in [0.4, 0.5) is 5.69 Å². The molecular formula is C18H17NO5S. The number of hydrogen-bond acceptors (Lipinski definition) is 5. The van der Waals surface area contributed by atoms with E-state index in [1.807, 2.05) is 13.8 Å². The number of sulfonamides is 1. The molecule has 1 aromatic heterocycles. The second kappa shape index (κ2) is 6.60. The van der Waals surface area contributed by atoms with Gasteiger partial charge in [0.25, 0.3) is 10.0 Å². The highest BCUT2D eigenvalue weighted by Gasteiger charge is 2.15. The second-order valence-electron chi connectivity index (χ2n) is 5.75. The van der Waals surface area contributed by atoms with E-state index in [1.54, 1.807) is 24.3 Å². The van der Waals surface area contributed by atoms with Gasteiger partial charge in [-0.05, 0) is 62.4 Å². The lowest BCUT2D eigenvalue weighted by Gasteiger charge is -2.11. The molecule has 0 atom stereocenters. The quantitative estimate of drug-likeness (QED) is 0.706. The molecule has 6 nitrogen and oxygen atoms in total. The molecule has 0 saturated heterocycles. The summed E-state index contributed by atoms with van der Waals surface area (Å²) in [5, 5.41) is 0.531. The molecule has 0 fully saturated rings. The standard InChI is InChI=1S/C18H17NO5S/c1-12(2)23-15-6-4-14(5-7-15)19-25(21,22)16-8-9-17-13(11-16)3-10-18(20)24-17/h3-12,19H,1-2H3. The molecule has 0 unspecified atom stereocenters. The zero-order valence-corrected chi connectivity index (χ0v) is 14.5. The molecule has 0 aliphatic heterocycles. The minimum absolute atomic E-state index is 0.0418. The number of fused-ring (bicyclic) bond motifs is 1. The van der Waals surface area contributed by atoms with E-state index in [0.29, 0.717) is 22.4 Å². The van der Waals surface area contributed by atoms with Gasteiger partial charge in [0.15, 0.2) is 0 Å². The average molecular weight is 359 g/mol. The van der Waals surface area contributed by atoms with Crippen LogP contribution in [0.25, 0.3) is 11.0 Å². The molecule has 7 heteroatoms. The summed E-state index contributed by atoms with van der Waals surface area (Å²) in [5.74, 6) is 0.665. The van der Waals surface area contributed by atoms with Gasteiger partial charge in [-0.2, -0.15) is 0 Å². The van der Waals surface area contributed by atoms with Gasteiger partial charge in [-0.3, -0.25) is 4.72 Å². The lowest BCUT2D eigenvalue weighted by atomic mass is 10.2. The zero-order chi connectivity index (χ0) is 18.0. The van der Waals surface area contributed by atoms with Gasteiger partial charge in [-0.1, -0.05) is 0 Å². The fourth-order valence-corrected chi connectivity index (χ4v) is 3.40. The van der Waals surface area contributed by atoms with Crippen LogP contribution in [0.1, 0.15) is 13.8 Å². The highest BCUT2D eigenvalue weighted by molar-refractivity contribution is 7.92. The van der Waals surface area contributed by atoms with Crippen LogP contribution in [0.3, 0.4) is 0 Å². The summed E-state index contributed by atoms with van der Waals surface area (Å²) in [4.78, 5) is 11.3. The lowest BCUT2D eigenvalue weighted by Crippen LogP contribution is -2.13. The highest BCUT2D eigenvalue weighted by atomic mass is 32.2. The summed E-state index contributed by atoms with van der Waals surface area (Å²) in [6.45, 7) is 3.83. The van der Waals surface area contributed by atoms with Gasteiger partial charge in [-0.15, -0.1) is 0 Å². The smallest absolute Gasteiger partial charge is 0.336 e. The number of hydrogen-bond donors (Lipinski definition) is 1. The van der Waals surface area contributed by atoms with Crippen LogP contribution in [0.2, 0.25) is 0 Å². The Labute approximate surface area is 145 Å². The summed E-state index contributed by atoms with van der Waals surface area (Å²) < 4.78 is 38.1. The molecule has 0 radical (unpaired) electrons. The third-order valence-corrected chi connectivity index (χ3v) is 4.76. The van der Waals surface area contributed by atoms with Gasteiger partial charge in [0.05, 0.1) is 11.0 Å². The van der Waals surface area contributed by atoms with Crippen LogP contribution >= 0.6 is 0 Å². The van der Waals surface area contributed by atoms with E-state index in [-0.39, 0.29) is 11.0 Å². The topological polar surface area (TPSA) is 85.6 Å². The molecule has 0 amide bonds. The maximum Gasteiger partial charge on any atom is 0.336 e. The molecule has 3 aromatic rings. The Hall–Kier alpha value is -2.80. The molecule has 130 valence electrons. The molecule has 1 N–H and O–H groups in total. The molecule has 2 aromatic carbocycles. The number of anilines is 1. The monoisotopic (exact) mass is 359 g/mol. The molecule has 25 heavy (non-hydrogen) atoms. The van der Waals surface area contributed by atoms with Gasteiger partial charge >= 0.3 is 5.63 Å². The van der Waals surface area contributed by atoms with Crippen LogP contribution in [0.5, 0.6) is 5.75 Å². The number of benzene rings is 2. The van der Waals surface area contributed by atoms with Crippen molar-refractivity contribution >= 4 is 26.7 Å². The van der Waals surface area contributed by atoms with Gasteiger partial charge in [0, 0.05) is 17.1 Å². The maximum atomic E-state index is 12.5. The van der Waals surface area contributed by atoms with E-state index >= 15 is 0 Å². The third kappa shape index (κ3) is 4.00. The van der Waals surface area contributed by atoms with Crippen molar-refractivity contribution in [1.29, 1.82) is 0 Å². The van der Waals surface area contributed by atoms with Crippen LogP contribution < -0.4 is 15.1 Å². The molecule has 0 saturated carbocycles. The molecule has 0 aliphatic carbocycles. The van der Waals surface area contributed by atoms with Crippen LogP contribution in [0, 0.1) is 0 Å². The van der Waals surface area contributed by atoms with E-state index in [0.717, 1.165) is 0 Å². The van der Waals surface area contributed by atoms with Crippen molar-refractivity contribution in [1.82, 2.24) is 0 Å². The maximum absolute atomic E-state index is 12.5. The van der Waals surface area contributed by atoms with E-state index in [2.05, 4.69) is 4.72 Å². The molecule has 0 spiro atoms. The van der Waals surface area contributed by atoms with Crippen molar-refractivity contribution in [2.24, 2.45) is 0 Å². The Bertz CT molecular complexity index is 1050. The van der Waals surface area contributed by atoms with E-state index in [1.165, 1.54) is 30.3 Å². The van der Waals surface area contributed by atoms with Crippen molar-refractivity contribution in [3.8, 4) is 5.75 Å². The van der Waals surface area contributed by atoms with Crippen molar-refractivity contribution in [2.75, 3.05) is 4.72 Å². The summed E-state index contributed by atoms with van der Waals surface area (Å²) >= 11 is 0. The van der Waals surface area contributed by atoms with Gasteiger partial charge in [0.1, 0.15) is 11.3 Å². The largest absolute Gasteiger partial charge is 0.491 e. The Morgan fingerprint density at radius 3 is 2.40 bits per heavy atom. The zero-order valence-electron chi connectivity index (χ0n) is 13.7. The first-order valence-electron chi connectivity index (χ1n) is 7.67. The van der Waals surface area contributed by atoms with E-state index < -0.39 is 15.6 Å². The summed E-state index contributed by atoms with van der Waals surface area (Å²) in [6.07, 6.45) is 0.0418. The Balaban J connectivity index is 1.86. The number of nitrogens with one attached hydrogen (secondary N) is 1. The lowest BCUT2D eigenvalue weighted by molar-refractivity contribution is 0.242. The fourth-order valence-electron chi connectivity index (χ4n) is 2.30. The van der Waals surface area contributed by atoms with Crippen LogP contribution in [-0.4, -0.2) is 14.5 Å². The summed E-state index contributed by atoms with van der Waals surface area (Å²) in [5.41, 5.74) is 0.280. The second-order valence-corrected chi connectivity index (χ2v) is 7.43. The summed E-state index contributed by atoms with van der Waals surface area (Å²) in [6, 6.07) is 13.8. The van der Waals surface area contributed by atoms with Gasteiger partial charge < -0.3 is 9.15 Å². The first-order valence-corrected chi connectivity index (χ1v) is 9.15. The van der Waals surface area contributed by atoms with E-state index in [9.17, 15) is 13.2 Å². The van der Waals surface area contributed by atoms with Gasteiger partial charge in [0.2, 0.25) is 0 Å². The molecule has 1 heterocycles. The Morgan fingerprint density at radius 2 is 1.72 bits per heavy atom. The van der Waals surface area contributed by atoms with Crippen molar-refractivity contribution in [2.45, 2.75) is 24.8 Å². The normalized spacial score (nSPS) is 11.6. The van der Waals surface area contributed by atoms with Crippen molar-refractivity contribution in [3.05, 3.63) is 65.0 Å². The fraction of sp³-hybridized carbons (Fsp3) is 0.167. The van der Waals surface area contributed by atoms with Crippen LogP contribution in [-0.2, 0) is 10.0 Å². The van der Waals surface area contributed by atoms with E-state index in [4.69, 9.17) is 9.15 Å². The number of ether oxygens (including phenoxy) is 1. The SMILES string of the molecule is CC(C)Oc1ccc(NS(=O)(=O)c2ccc3oc(=O)ccc3c2)cc1. The minimum atomic E-state index is -3.76. The number of rotatable bonds is 5. The third-order valence-electron chi connectivity index (χ3n) is 3.38. The van der Waals surface area contributed by atoms with Gasteiger partial charge in [-0.25, -0.2) is 13.2 Å². The first kappa shape index (κ1) is 17.0. The molecular weight excluding hydrogens is 342 g/mol. The van der Waals surface area contributed by atoms with Crippen molar-refractivity contribution in [3.63, 3.8) is 0 Å². The van der Waals surface area contributed by atoms with Crippen LogP contribution in [0.15, 0.2) is 68.7 Å². The predicted molar refractivity (Wildman–Crippen MR) is 95.5 cm³/mol. The van der Waals surface area contributed by atoms with Crippen molar-refractivity contribution < 1.29 is 17.6 Å². The molecule has 0 bridgehead atoms.